The minimum atomic E-state index is -1.62. The highest BCUT2D eigenvalue weighted by atomic mass is 127. The van der Waals surface area contributed by atoms with Crippen LogP contribution in [0.3, 0.4) is 0 Å². The number of ether oxygens (including phenoxy) is 2. The van der Waals surface area contributed by atoms with E-state index < -0.39 is 9.95 Å². The maximum absolute atomic E-state index is 10.7. The van der Waals surface area contributed by atoms with Gasteiger partial charge < -0.3 is 9.47 Å². The normalized spacial score (nSPS) is 9.85. The molecular formula is C6H4Cl3IO3. The van der Waals surface area contributed by atoms with Crippen molar-refractivity contribution in [3.05, 3.63) is 0 Å². The van der Waals surface area contributed by atoms with Crippen molar-refractivity contribution in [2.75, 3.05) is 13.2 Å². The molecule has 0 aliphatic heterocycles. The molecule has 0 heterocycles. The van der Waals surface area contributed by atoms with Gasteiger partial charge in [-0.05, 0) is 3.93 Å². The third-order valence-electron chi connectivity index (χ3n) is 0.683. The van der Waals surface area contributed by atoms with Crippen molar-refractivity contribution in [3.63, 3.8) is 0 Å². The van der Waals surface area contributed by atoms with Crippen LogP contribution in [0.2, 0.25) is 0 Å². The molecule has 0 aliphatic carbocycles. The van der Waals surface area contributed by atoms with E-state index in [-0.39, 0.29) is 13.2 Å². The Labute approximate surface area is 104 Å². The van der Waals surface area contributed by atoms with Crippen LogP contribution < -0.4 is 0 Å². The molecule has 0 aliphatic rings. The van der Waals surface area contributed by atoms with Crippen LogP contribution in [0.25, 0.3) is 0 Å². The van der Waals surface area contributed by atoms with E-state index in [0.29, 0.717) is 0 Å². The molecule has 74 valence electrons. The summed E-state index contributed by atoms with van der Waals surface area (Å²) in [5, 5.41) is 0. The molecule has 0 aromatic carbocycles. The summed E-state index contributed by atoms with van der Waals surface area (Å²) in [4.78, 5) is 10.7. The Balaban J connectivity index is 3.56. The van der Waals surface area contributed by atoms with Crippen LogP contribution in [-0.4, -0.2) is 23.2 Å². The van der Waals surface area contributed by atoms with E-state index in [0.717, 1.165) is 0 Å². The Kier molecular flexibility index (Phi) is 7.05. The molecule has 0 N–H and O–H groups in total. The summed E-state index contributed by atoms with van der Waals surface area (Å²) < 4.78 is 9.78. The minimum absolute atomic E-state index is 0.0400. The Morgan fingerprint density at radius 3 is 2.46 bits per heavy atom. The lowest BCUT2D eigenvalue weighted by molar-refractivity contribution is 0.0660. The zero-order valence-electron chi connectivity index (χ0n) is 6.15. The lowest BCUT2D eigenvalue weighted by atomic mass is 10.8. The second-order valence-electron chi connectivity index (χ2n) is 1.71. The fourth-order valence-electron chi connectivity index (χ4n) is 0.305. The van der Waals surface area contributed by atoms with Gasteiger partial charge in [0.1, 0.15) is 6.61 Å². The quantitative estimate of drug-likeness (QED) is 0.330. The van der Waals surface area contributed by atoms with E-state index in [9.17, 15) is 4.79 Å². The van der Waals surface area contributed by atoms with Gasteiger partial charge in [0.25, 0.3) is 0 Å². The van der Waals surface area contributed by atoms with Gasteiger partial charge >= 0.3 is 6.16 Å². The standard InChI is InChI=1S/C6H4Cl3IO3/c7-6(8,9)4-13-5(11)12-3-1-2-10/h3-4H2. The molecule has 7 heteroatoms. The third kappa shape index (κ3) is 10.4. The molecule has 0 unspecified atom stereocenters. The first kappa shape index (κ1) is 13.4. The zero-order valence-corrected chi connectivity index (χ0v) is 10.6. The smallest absolute Gasteiger partial charge is 0.430 e. The first-order valence-corrected chi connectivity index (χ1v) is 5.12. The fourth-order valence-corrected chi connectivity index (χ4v) is 0.624. The molecule has 0 amide bonds. The fraction of sp³-hybridized carbons (Fsp3) is 0.500. The third-order valence-corrected chi connectivity index (χ3v) is 1.39. The van der Waals surface area contributed by atoms with Crippen LogP contribution in [0.5, 0.6) is 0 Å². The Morgan fingerprint density at radius 2 is 2.00 bits per heavy atom. The summed E-state index contributed by atoms with van der Waals surface area (Å²) >= 11 is 17.7. The van der Waals surface area contributed by atoms with Gasteiger partial charge in [-0.15, -0.1) is 0 Å². The molecule has 0 rings (SSSR count). The lowest BCUT2D eigenvalue weighted by Crippen LogP contribution is -2.18. The largest absolute Gasteiger partial charge is 0.509 e. The van der Waals surface area contributed by atoms with Gasteiger partial charge in [0.2, 0.25) is 3.79 Å². The summed E-state index contributed by atoms with van der Waals surface area (Å²) in [6.07, 6.45) is -0.912. The summed E-state index contributed by atoms with van der Waals surface area (Å²) in [7, 11) is 0. The Hall–Kier alpha value is 0.430. The summed E-state index contributed by atoms with van der Waals surface area (Å²) in [5.41, 5.74) is 0. The molecule has 0 aromatic rings. The van der Waals surface area contributed by atoms with Crippen LogP contribution in [0.1, 0.15) is 0 Å². The predicted octanol–water partition coefficient (Wildman–Crippen LogP) is 2.91. The summed E-state index contributed by atoms with van der Waals surface area (Å²) in [6.45, 7) is -0.393. The van der Waals surface area contributed by atoms with Crippen molar-refractivity contribution >= 4 is 63.5 Å². The molecule has 0 spiro atoms. The molecule has 13 heavy (non-hydrogen) atoms. The zero-order chi connectivity index (χ0) is 10.3. The number of hydrogen-bond acceptors (Lipinski definition) is 3. The van der Waals surface area contributed by atoms with Gasteiger partial charge in [0.05, 0.1) is 0 Å². The number of carbonyl (C=O) groups is 1. The van der Waals surface area contributed by atoms with Crippen LogP contribution >= 0.6 is 57.4 Å². The molecule has 0 radical (unpaired) electrons. The molecule has 0 aromatic heterocycles. The van der Waals surface area contributed by atoms with E-state index in [1.165, 1.54) is 0 Å². The number of hydrogen-bond donors (Lipinski definition) is 0. The maximum atomic E-state index is 10.7. The van der Waals surface area contributed by atoms with Crippen molar-refractivity contribution in [1.82, 2.24) is 0 Å². The average Bonchev–Trinajstić information content (AvgIpc) is 2.00. The number of rotatable bonds is 2. The van der Waals surface area contributed by atoms with Gasteiger partial charge in [-0.25, -0.2) is 4.79 Å². The molecule has 0 saturated heterocycles. The van der Waals surface area contributed by atoms with Crippen LogP contribution in [0.15, 0.2) is 0 Å². The molecule has 0 fully saturated rings. The van der Waals surface area contributed by atoms with Crippen LogP contribution in [0.4, 0.5) is 4.79 Å². The molecule has 0 atom stereocenters. The van der Waals surface area contributed by atoms with Crippen molar-refractivity contribution in [2.45, 2.75) is 3.79 Å². The average molecular weight is 357 g/mol. The second kappa shape index (κ2) is 6.82. The van der Waals surface area contributed by atoms with Crippen LogP contribution in [0, 0.1) is 9.85 Å². The highest BCUT2D eigenvalue weighted by Crippen LogP contribution is 2.25. The second-order valence-corrected chi connectivity index (χ2v) is 4.77. The lowest BCUT2D eigenvalue weighted by Gasteiger charge is -2.10. The number of carbonyl (C=O) groups excluding carboxylic acids is 1. The highest BCUT2D eigenvalue weighted by Gasteiger charge is 2.22. The SMILES string of the molecule is O=C(OCC#CI)OCC(Cl)(Cl)Cl. The monoisotopic (exact) mass is 356 g/mol. The summed E-state index contributed by atoms with van der Waals surface area (Å²) in [6, 6.07) is 0. The molecule has 0 saturated carbocycles. The van der Waals surface area contributed by atoms with Crippen molar-refractivity contribution in [1.29, 1.82) is 0 Å². The predicted molar refractivity (Wildman–Crippen MR) is 59.4 cm³/mol. The van der Waals surface area contributed by atoms with E-state index >= 15 is 0 Å². The summed E-state index contributed by atoms with van der Waals surface area (Å²) in [5.74, 6) is 2.49. The van der Waals surface area contributed by atoms with E-state index in [2.05, 4.69) is 19.3 Å². The Morgan fingerprint density at radius 1 is 1.38 bits per heavy atom. The first-order chi connectivity index (χ1) is 5.95. The first-order valence-electron chi connectivity index (χ1n) is 2.90. The molecule has 0 bridgehead atoms. The number of halogens is 4. The van der Waals surface area contributed by atoms with Gasteiger partial charge in [-0.1, -0.05) is 40.7 Å². The molecular weight excluding hydrogens is 353 g/mol. The molecule has 3 nitrogen and oxygen atoms in total. The van der Waals surface area contributed by atoms with E-state index in [1.807, 2.05) is 22.6 Å². The van der Waals surface area contributed by atoms with Crippen molar-refractivity contribution in [3.8, 4) is 9.85 Å². The van der Waals surface area contributed by atoms with Crippen LogP contribution in [-0.2, 0) is 9.47 Å². The van der Waals surface area contributed by atoms with E-state index in [1.54, 1.807) is 0 Å². The van der Waals surface area contributed by atoms with Gasteiger partial charge in [0, 0.05) is 22.6 Å². The Bertz CT molecular complexity index is 228. The van der Waals surface area contributed by atoms with Crippen molar-refractivity contribution < 1.29 is 14.3 Å². The number of alkyl halides is 3. The van der Waals surface area contributed by atoms with Gasteiger partial charge in [0.15, 0.2) is 6.61 Å². The maximum Gasteiger partial charge on any atom is 0.509 e. The minimum Gasteiger partial charge on any atom is -0.430 e. The topological polar surface area (TPSA) is 35.5 Å². The van der Waals surface area contributed by atoms with E-state index in [4.69, 9.17) is 34.8 Å². The van der Waals surface area contributed by atoms with Gasteiger partial charge in [-0.3, -0.25) is 0 Å². The van der Waals surface area contributed by atoms with Gasteiger partial charge in [-0.2, -0.15) is 0 Å². The van der Waals surface area contributed by atoms with Crippen molar-refractivity contribution in [2.24, 2.45) is 0 Å². The highest BCUT2D eigenvalue weighted by molar-refractivity contribution is 14.1.